The van der Waals surface area contributed by atoms with Gasteiger partial charge in [-0.2, -0.15) is 0 Å². The molecule has 15 N–H and O–H groups in total. The van der Waals surface area contributed by atoms with Crippen LogP contribution in [0.15, 0.2) is 35.3 Å². The van der Waals surface area contributed by atoms with Crippen LogP contribution in [0.1, 0.15) is 96.5 Å². The number of aliphatic hydroxyl groups is 1. The minimum atomic E-state index is -1.52. The molecule has 1 aromatic rings. The lowest BCUT2D eigenvalue weighted by atomic mass is 10.0. The van der Waals surface area contributed by atoms with Crippen LogP contribution < -0.4 is 49.5 Å². The highest BCUT2D eigenvalue weighted by atomic mass is 16.4. The zero-order valence-corrected chi connectivity index (χ0v) is 40.9. The number of unbranched alkanes of at least 4 members (excludes halogenated alkanes) is 1. The van der Waals surface area contributed by atoms with Gasteiger partial charge in [-0.25, -0.2) is 4.79 Å². The molecular formula is C47H75N13O11. The van der Waals surface area contributed by atoms with Crippen molar-refractivity contribution in [1.29, 1.82) is 0 Å². The smallest absolute Gasteiger partial charge is 0.326 e. The summed E-state index contributed by atoms with van der Waals surface area (Å²) >= 11 is 0. The van der Waals surface area contributed by atoms with Crippen LogP contribution in [0, 0.1) is 5.92 Å². The summed E-state index contributed by atoms with van der Waals surface area (Å²) in [6, 6.07) is -0.204. The third kappa shape index (κ3) is 17.2. The van der Waals surface area contributed by atoms with Crippen molar-refractivity contribution in [3.63, 3.8) is 0 Å². The summed E-state index contributed by atoms with van der Waals surface area (Å²) in [5, 5.41) is 32.9. The third-order valence-corrected chi connectivity index (χ3v) is 12.8. The number of guanidine groups is 1. The van der Waals surface area contributed by atoms with Gasteiger partial charge < -0.3 is 74.4 Å². The normalized spacial score (nSPS) is 19.7. The average Bonchev–Trinajstić information content (AvgIpc) is 4.15. The second-order valence-corrected chi connectivity index (χ2v) is 18.8. The summed E-state index contributed by atoms with van der Waals surface area (Å²) in [7, 11) is 0. The molecule has 1 aromatic carbocycles. The Morgan fingerprint density at radius 3 is 1.90 bits per heavy atom. The van der Waals surface area contributed by atoms with E-state index in [1.54, 1.807) is 30.3 Å². The SMILES string of the molecule is CC(C)C[C@H](NC(=O)[C@@H]1CCCN1C(=O)[C@H](CO)NC(=O)[C@H](Cc1ccccc1)NC(=O)CNC(=O)[C@@H]1CCCN1C(=O)[C@@H]1CCCN1C(=O)[C@@H](CCCN=C(N)N)NC(=O)C(N)CCCCN)C(=O)O. The van der Waals surface area contributed by atoms with Gasteiger partial charge in [-0.15, -0.1) is 0 Å². The van der Waals surface area contributed by atoms with Crippen molar-refractivity contribution in [2.75, 3.05) is 45.9 Å². The molecule has 71 heavy (non-hydrogen) atoms. The molecule has 394 valence electrons. The van der Waals surface area contributed by atoms with E-state index in [1.807, 2.05) is 13.8 Å². The molecule has 0 bridgehead atoms. The number of rotatable bonds is 27. The van der Waals surface area contributed by atoms with E-state index in [-0.39, 0.29) is 70.2 Å². The first-order chi connectivity index (χ1) is 33.9. The van der Waals surface area contributed by atoms with E-state index in [0.29, 0.717) is 63.5 Å². The van der Waals surface area contributed by atoms with Crippen LogP contribution in [0.4, 0.5) is 0 Å². The standard InChI is InChI=1S/C47H75N13O11/c1-28(2)24-33(46(70)71)56-42(66)36-17-10-21-58(36)44(68)34(27-61)57-40(64)32(25-29-12-4-3-5-13-29)54-38(62)26-53-41(65)35-16-9-22-59(35)45(69)37-18-11-23-60(37)43(67)31(15-8-20-52-47(50)51)55-39(63)30(49)14-6-7-19-48/h3-5,12-13,28,30-37,61H,6-11,14-27,48-49H2,1-2H3,(H,53,65)(H,54,62)(H,55,63)(H,56,66)(H,57,64)(H,70,71)(H4,50,51,52)/t30?,31-,32+,33+,34+,35+,36+,37+/m1/s1. The van der Waals surface area contributed by atoms with E-state index in [4.69, 9.17) is 22.9 Å². The molecule has 0 saturated carbocycles. The predicted molar refractivity (Wildman–Crippen MR) is 260 cm³/mol. The molecule has 0 spiro atoms. The first kappa shape index (κ1) is 57.2. The highest BCUT2D eigenvalue weighted by Gasteiger charge is 2.44. The summed E-state index contributed by atoms with van der Waals surface area (Å²) in [6.07, 6.45) is 4.49. The van der Waals surface area contributed by atoms with Gasteiger partial charge in [0.05, 0.1) is 19.2 Å². The van der Waals surface area contributed by atoms with Crippen LogP contribution in [0.3, 0.4) is 0 Å². The zero-order valence-electron chi connectivity index (χ0n) is 40.9. The van der Waals surface area contributed by atoms with Crippen LogP contribution in [-0.2, 0) is 49.6 Å². The molecule has 0 radical (unpaired) electrons. The van der Waals surface area contributed by atoms with Gasteiger partial charge >= 0.3 is 5.97 Å². The predicted octanol–water partition coefficient (Wildman–Crippen LogP) is -3.11. The van der Waals surface area contributed by atoms with Crippen molar-refractivity contribution in [3.05, 3.63) is 35.9 Å². The monoisotopic (exact) mass is 998 g/mol. The Balaban J connectivity index is 1.40. The summed E-state index contributed by atoms with van der Waals surface area (Å²) in [4.78, 5) is 129. The lowest BCUT2D eigenvalue weighted by Gasteiger charge is -2.33. The van der Waals surface area contributed by atoms with Crippen LogP contribution >= 0.6 is 0 Å². The van der Waals surface area contributed by atoms with Crippen molar-refractivity contribution in [3.8, 4) is 0 Å². The number of aliphatic imine (C=N–C) groups is 1. The number of nitrogens with zero attached hydrogens (tertiary/aromatic N) is 4. The number of nitrogens with two attached hydrogens (primary N) is 4. The number of nitrogens with one attached hydrogen (secondary N) is 5. The van der Waals surface area contributed by atoms with E-state index in [9.17, 15) is 53.4 Å². The van der Waals surface area contributed by atoms with Gasteiger partial charge in [-0.05, 0) is 88.7 Å². The minimum absolute atomic E-state index is 0.0405. The average molecular weight is 998 g/mol. The first-order valence-corrected chi connectivity index (χ1v) is 24.6. The molecule has 3 heterocycles. The van der Waals surface area contributed by atoms with E-state index in [2.05, 4.69) is 31.6 Å². The Morgan fingerprint density at radius 1 is 0.704 bits per heavy atom. The maximum Gasteiger partial charge on any atom is 0.326 e. The number of carbonyl (C=O) groups is 9. The molecule has 0 aromatic heterocycles. The van der Waals surface area contributed by atoms with Crippen molar-refractivity contribution in [1.82, 2.24) is 41.3 Å². The van der Waals surface area contributed by atoms with Crippen LogP contribution in [-0.4, -0.2) is 178 Å². The van der Waals surface area contributed by atoms with Crippen LogP contribution in [0.5, 0.6) is 0 Å². The Kier molecular flexibility index (Phi) is 22.9. The molecule has 0 aliphatic carbocycles. The van der Waals surface area contributed by atoms with E-state index >= 15 is 0 Å². The summed E-state index contributed by atoms with van der Waals surface area (Å²) < 4.78 is 0. The van der Waals surface area contributed by atoms with Crippen molar-refractivity contribution in [2.24, 2.45) is 33.8 Å². The summed E-state index contributed by atoms with van der Waals surface area (Å²) in [5.74, 6) is -6.52. The molecular weight excluding hydrogens is 923 g/mol. The maximum absolute atomic E-state index is 14.2. The Labute approximate surface area is 414 Å². The van der Waals surface area contributed by atoms with Crippen LogP contribution in [0.2, 0.25) is 0 Å². The largest absolute Gasteiger partial charge is 0.480 e. The van der Waals surface area contributed by atoms with E-state index in [1.165, 1.54) is 14.7 Å². The zero-order chi connectivity index (χ0) is 52.2. The Morgan fingerprint density at radius 2 is 1.30 bits per heavy atom. The molecule has 3 aliphatic heterocycles. The van der Waals surface area contributed by atoms with Crippen molar-refractivity contribution < 1.29 is 53.4 Å². The number of carbonyl (C=O) groups excluding carboxylic acids is 8. The molecule has 24 nitrogen and oxygen atoms in total. The topological polar surface area (TPSA) is 380 Å². The van der Waals surface area contributed by atoms with E-state index < -0.39 is 115 Å². The van der Waals surface area contributed by atoms with Gasteiger partial charge in [0.25, 0.3) is 0 Å². The highest BCUT2D eigenvalue weighted by molar-refractivity contribution is 5.98. The molecule has 3 fully saturated rings. The van der Waals surface area contributed by atoms with Crippen LogP contribution in [0.25, 0.3) is 0 Å². The number of hydrogen-bond acceptors (Lipinski definition) is 13. The number of aliphatic carboxylic acids is 1. The fraction of sp³-hybridized carbons (Fsp3) is 0.660. The minimum Gasteiger partial charge on any atom is -0.480 e. The number of amides is 8. The molecule has 4 rings (SSSR count). The quantitative estimate of drug-likeness (QED) is 0.0236. The van der Waals surface area contributed by atoms with Gasteiger partial charge in [0.15, 0.2) is 5.96 Å². The number of aliphatic hydroxyl groups excluding tert-OH is 1. The maximum atomic E-state index is 14.2. The van der Waals surface area contributed by atoms with E-state index in [0.717, 1.165) is 0 Å². The first-order valence-electron chi connectivity index (χ1n) is 24.6. The number of likely N-dealkylation sites (tertiary alicyclic amines) is 3. The third-order valence-electron chi connectivity index (χ3n) is 12.8. The number of carboxylic acids is 1. The molecule has 3 saturated heterocycles. The number of carboxylic acid groups (broad SMARTS) is 1. The lowest BCUT2D eigenvalue weighted by molar-refractivity contribution is -0.148. The van der Waals surface area contributed by atoms with Gasteiger partial charge in [-0.1, -0.05) is 50.6 Å². The van der Waals surface area contributed by atoms with Gasteiger partial charge in [0.2, 0.25) is 47.3 Å². The summed E-state index contributed by atoms with van der Waals surface area (Å²) in [5.41, 5.74) is 23.3. The fourth-order valence-corrected chi connectivity index (χ4v) is 9.17. The van der Waals surface area contributed by atoms with Gasteiger partial charge in [-0.3, -0.25) is 43.3 Å². The second-order valence-electron chi connectivity index (χ2n) is 18.8. The molecule has 3 aliphatic rings. The van der Waals surface area contributed by atoms with Gasteiger partial charge in [0.1, 0.15) is 42.3 Å². The fourth-order valence-electron chi connectivity index (χ4n) is 9.17. The highest BCUT2D eigenvalue weighted by Crippen LogP contribution is 2.26. The van der Waals surface area contributed by atoms with Gasteiger partial charge in [0, 0.05) is 32.6 Å². The summed E-state index contributed by atoms with van der Waals surface area (Å²) in [6.45, 7) is 3.38. The van der Waals surface area contributed by atoms with Crippen molar-refractivity contribution in [2.45, 2.75) is 146 Å². The second kappa shape index (κ2) is 28.4. The Bertz CT molecular complexity index is 2040. The molecule has 8 amide bonds. The molecule has 1 unspecified atom stereocenters. The molecule has 8 atom stereocenters. The number of benzene rings is 1. The van der Waals surface area contributed by atoms with Crippen molar-refractivity contribution >= 4 is 59.2 Å². The number of hydrogen-bond donors (Lipinski definition) is 11. The lowest BCUT2D eigenvalue weighted by Crippen LogP contribution is -2.59. The Hall–Kier alpha value is -6.40. The molecule has 24 heteroatoms.